The maximum Gasteiger partial charge on any atom is 0.333 e. The van der Waals surface area contributed by atoms with Crippen molar-refractivity contribution in [2.75, 3.05) is 20.4 Å². The lowest BCUT2D eigenvalue weighted by Gasteiger charge is -2.33. The van der Waals surface area contributed by atoms with Crippen molar-refractivity contribution in [2.24, 2.45) is 0 Å². The van der Waals surface area contributed by atoms with Gasteiger partial charge in [0.1, 0.15) is 0 Å². The van der Waals surface area contributed by atoms with E-state index in [0.29, 0.717) is 18.0 Å². The molecule has 134 valence electrons. The van der Waals surface area contributed by atoms with Crippen molar-refractivity contribution in [1.29, 1.82) is 0 Å². The van der Waals surface area contributed by atoms with Gasteiger partial charge in [0.25, 0.3) is 0 Å². The minimum absolute atomic E-state index is 0.207. The Morgan fingerprint density at radius 3 is 2.96 bits per heavy atom. The molecule has 2 aliphatic heterocycles. The molecule has 2 aromatic rings. The number of carbonyl (C=O) groups excluding carboxylic acids is 2. The van der Waals surface area contributed by atoms with Gasteiger partial charge in [-0.1, -0.05) is 6.07 Å². The standard InChI is InChI=1S/C19H17NO5S/c1-23-19(22)18-13-7-9-26-16(13)6-8-20(18)17(21)5-3-12-2-4-14-15(10-12)25-11-24-14/h2-5,7,9-10,18H,6,8,11H2,1H3/b5-3+. The van der Waals surface area contributed by atoms with Crippen molar-refractivity contribution in [3.05, 3.63) is 51.7 Å². The van der Waals surface area contributed by atoms with Gasteiger partial charge in [0, 0.05) is 17.5 Å². The quantitative estimate of drug-likeness (QED) is 0.613. The summed E-state index contributed by atoms with van der Waals surface area (Å²) in [5.74, 6) is 0.706. The van der Waals surface area contributed by atoms with Crippen LogP contribution in [0.25, 0.3) is 6.08 Å². The lowest BCUT2D eigenvalue weighted by atomic mass is 9.99. The van der Waals surface area contributed by atoms with E-state index < -0.39 is 12.0 Å². The number of amides is 1. The van der Waals surface area contributed by atoms with E-state index in [0.717, 1.165) is 22.4 Å². The van der Waals surface area contributed by atoms with E-state index in [1.165, 1.54) is 13.2 Å². The average Bonchev–Trinajstić information content (AvgIpc) is 3.32. The number of esters is 1. The number of fused-ring (bicyclic) bond motifs is 2. The number of rotatable bonds is 3. The van der Waals surface area contributed by atoms with Gasteiger partial charge in [-0.2, -0.15) is 0 Å². The van der Waals surface area contributed by atoms with Crippen molar-refractivity contribution < 1.29 is 23.8 Å². The maximum atomic E-state index is 12.7. The Kier molecular flexibility index (Phi) is 4.38. The van der Waals surface area contributed by atoms with E-state index in [2.05, 4.69) is 0 Å². The summed E-state index contributed by atoms with van der Waals surface area (Å²) in [6.45, 7) is 0.691. The zero-order chi connectivity index (χ0) is 18.1. The molecule has 0 saturated carbocycles. The molecule has 7 heteroatoms. The van der Waals surface area contributed by atoms with Gasteiger partial charge in [0.05, 0.1) is 7.11 Å². The van der Waals surface area contributed by atoms with E-state index in [1.807, 2.05) is 29.6 Å². The van der Waals surface area contributed by atoms with Gasteiger partial charge in [-0.15, -0.1) is 11.3 Å². The third-order valence-electron chi connectivity index (χ3n) is 4.49. The highest BCUT2D eigenvalue weighted by molar-refractivity contribution is 7.10. The molecule has 26 heavy (non-hydrogen) atoms. The second-order valence-corrected chi connectivity index (χ2v) is 6.95. The Morgan fingerprint density at radius 1 is 1.27 bits per heavy atom. The average molecular weight is 371 g/mol. The first kappa shape index (κ1) is 16.7. The molecule has 1 aromatic carbocycles. The zero-order valence-electron chi connectivity index (χ0n) is 14.1. The van der Waals surface area contributed by atoms with Crippen molar-refractivity contribution in [3.8, 4) is 11.5 Å². The van der Waals surface area contributed by atoms with Crippen LogP contribution in [0.1, 0.15) is 22.0 Å². The normalized spacial score (nSPS) is 18.0. The highest BCUT2D eigenvalue weighted by Gasteiger charge is 2.36. The smallest absolute Gasteiger partial charge is 0.333 e. The highest BCUT2D eigenvalue weighted by Crippen LogP contribution is 2.35. The second-order valence-electron chi connectivity index (χ2n) is 5.95. The number of hydrogen-bond acceptors (Lipinski definition) is 6. The fourth-order valence-corrected chi connectivity index (χ4v) is 4.10. The molecule has 1 amide bonds. The number of hydrogen-bond donors (Lipinski definition) is 0. The van der Waals surface area contributed by atoms with Gasteiger partial charge in [0.2, 0.25) is 12.7 Å². The molecule has 0 fully saturated rings. The first-order valence-electron chi connectivity index (χ1n) is 8.20. The monoisotopic (exact) mass is 371 g/mol. The predicted octanol–water partition coefficient (Wildman–Crippen LogP) is 2.79. The molecule has 0 radical (unpaired) electrons. The molecule has 1 aromatic heterocycles. The van der Waals surface area contributed by atoms with Gasteiger partial charge in [-0.25, -0.2) is 4.79 Å². The topological polar surface area (TPSA) is 65.1 Å². The van der Waals surface area contributed by atoms with Gasteiger partial charge in [-0.05, 0) is 47.2 Å². The van der Waals surface area contributed by atoms with Crippen LogP contribution < -0.4 is 9.47 Å². The van der Waals surface area contributed by atoms with Crippen molar-refractivity contribution in [2.45, 2.75) is 12.5 Å². The van der Waals surface area contributed by atoms with Crippen LogP contribution >= 0.6 is 11.3 Å². The maximum absolute atomic E-state index is 12.7. The van der Waals surface area contributed by atoms with E-state index in [-0.39, 0.29) is 12.7 Å². The first-order valence-corrected chi connectivity index (χ1v) is 9.08. The third-order valence-corrected chi connectivity index (χ3v) is 5.48. The highest BCUT2D eigenvalue weighted by atomic mass is 32.1. The van der Waals surface area contributed by atoms with Crippen LogP contribution in [0, 0.1) is 0 Å². The van der Waals surface area contributed by atoms with E-state index >= 15 is 0 Å². The van der Waals surface area contributed by atoms with Gasteiger partial charge in [0.15, 0.2) is 17.5 Å². The van der Waals surface area contributed by atoms with Crippen LogP contribution in [0.2, 0.25) is 0 Å². The molecule has 1 unspecified atom stereocenters. The molecule has 3 heterocycles. The molecule has 4 rings (SSSR count). The Balaban J connectivity index is 1.56. The van der Waals surface area contributed by atoms with Crippen LogP contribution in [0.5, 0.6) is 11.5 Å². The van der Waals surface area contributed by atoms with Crippen LogP contribution in [-0.4, -0.2) is 37.2 Å². The molecule has 6 nitrogen and oxygen atoms in total. The second kappa shape index (κ2) is 6.84. The fourth-order valence-electron chi connectivity index (χ4n) is 3.20. The predicted molar refractivity (Wildman–Crippen MR) is 96.1 cm³/mol. The summed E-state index contributed by atoms with van der Waals surface area (Å²) in [6.07, 6.45) is 3.93. The number of nitrogens with zero attached hydrogens (tertiary/aromatic N) is 1. The van der Waals surface area contributed by atoms with Crippen LogP contribution in [0.15, 0.2) is 35.7 Å². The molecule has 0 N–H and O–H groups in total. The van der Waals surface area contributed by atoms with Crippen molar-refractivity contribution >= 4 is 29.3 Å². The summed E-state index contributed by atoms with van der Waals surface area (Å²) in [7, 11) is 1.34. The molecule has 0 bridgehead atoms. The van der Waals surface area contributed by atoms with Gasteiger partial charge in [-0.3, -0.25) is 4.79 Å². The number of methoxy groups -OCH3 is 1. The number of carbonyl (C=O) groups is 2. The van der Waals surface area contributed by atoms with Gasteiger partial charge >= 0.3 is 5.97 Å². The zero-order valence-corrected chi connectivity index (χ0v) is 15.0. The van der Waals surface area contributed by atoms with E-state index in [9.17, 15) is 9.59 Å². The molecule has 0 spiro atoms. The molecular formula is C19H17NO5S. The minimum Gasteiger partial charge on any atom is -0.467 e. The summed E-state index contributed by atoms with van der Waals surface area (Å²) in [5.41, 5.74) is 1.68. The number of thiophene rings is 1. The molecule has 0 saturated heterocycles. The Bertz CT molecular complexity index is 888. The SMILES string of the molecule is COC(=O)C1c2ccsc2CCN1C(=O)/C=C/c1ccc2c(c1)OCO2. The largest absolute Gasteiger partial charge is 0.467 e. The van der Waals surface area contributed by atoms with Crippen molar-refractivity contribution in [3.63, 3.8) is 0 Å². The number of ether oxygens (including phenoxy) is 3. The summed E-state index contributed by atoms with van der Waals surface area (Å²) >= 11 is 1.60. The minimum atomic E-state index is -0.691. The molecular weight excluding hydrogens is 354 g/mol. The fraction of sp³-hybridized carbons (Fsp3) is 0.263. The Labute approximate surface area is 154 Å². The molecule has 2 aliphatic rings. The molecule has 0 aliphatic carbocycles. The summed E-state index contributed by atoms with van der Waals surface area (Å²) in [6, 6.07) is 6.67. The third kappa shape index (κ3) is 2.94. The van der Waals surface area contributed by atoms with E-state index in [1.54, 1.807) is 22.3 Å². The van der Waals surface area contributed by atoms with Crippen LogP contribution in [0.3, 0.4) is 0 Å². The Hall–Kier alpha value is -2.80. The lowest BCUT2D eigenvalue weighted by molar-refractivity contribution is -0.152. The van der Waals surface area contributed by atoms with Crippen LogP contribution in [0.4, 0.5) is 0 Å². The summed E-state index contributed by atoms with van der Waals surface area (Å²) in [5, 5.41) is 1.94. The molecule has 1 atom stereocenters. The van der Waals surface area contributed by atoms with Gasteiger partial charge < -0.3 is 19.1 Å². The first-order chi connectivity index (χ1) is 12.7. The lowest BCUT2D eigenvalue weighted by Crippen LogP contribution is -2.42. The van der Waals surface area contributed by atoms with E-state index in [4.69, 9.17) is 14.2 Å². The number of benzene rings is 1. The van der Waals surface area contributed by atoms with Crippen molar-refractivity contribution in [1.82, 2.24) is 4.90 Å². The Morgan fingerprint density at radius 2 is 2.12 bits per heavy atom. The van der Waals surface area contributed by atoms with Crippen LogP contribution in [-0.2, 0) is 20.7 Å². The summed E-state index contributed by atoms with van der Waals surface area (Å²) in [4.78, 5) is 27.7. The summed E-state index contributed by atoms with van der Waals surface area (Å²) < 4.78 is 15.6.